The van der Waals surface area contributed by atoms with Crippen molar-refractivity contribution in [3.05, 3.63) is 0 Å². The molecule has 2 aliphatic rings. The summed E-state index contributed by atoms with van der Waals surface area (Å²) < 4.78 is 12.1. The van der Waals surface area contributed by atoms with E-state index in [1.807, 2.05) is 0 Å². The summed E-state index contributed by atoms with van der Waals surface area (Å²) in [5, 5.41) is 0. The van der Waals surface area contributed by atoms with E-state index < -0.39 is 0 Å². The van der Waals surface area contributed by atoms with E-state index in [1.54, 1.807) is 0 Å². The lowest BCUT2D eigenvalue weighted by Gasteiger charge is -2.36. The second-order valence-electron chi connectivity index (χ2n) is 8.69. The molecule has 2 fully saturated rings. The van der Waals surface area contributed by atoms with E-state index in [-0.39, 0.29) is 0 Å². The normalized spacial score (nSPS) is 29.5. The van der Waals surface area contributed by atoms with Crippen LogP contribution in [0.2, 0.25) is 0 Å². The highest BCUT2D eigenvalue weighted by Crippen LogP contribution is 2.42. The van der Waals surface area contributed by atoms with Gasteiger partial charge >= 0.3 is 0 Å². The van der Waals surface area contributed by atoms with Crippen molar-refractivity contribution in [3.8, 4) is 0 Å². The van der Waals surface area contributed by atoms with Crippen LogP contribution >= 0.6 is 0 Å². The molecule has 19 heavy (non-hydrogen) atoms. The van der Waals surface area contributed by atoms with Crippen LogP contribution in [0.15, 0.2) is 0 Å². The third-order valence-corrected chi connectivity index (χ3v) is 4.19. The molecule has 1 aliphatic heterocycles. The molecule has 0 amide bonds. The fraction of sp³-hybridized carbons (Fsp3) is 1.00. The van der Waals surface area contributed by atoms with Crippen molar-refractivity contribution in [2.45, 2.75) is 78.9 Å². The zero-order chi connectivity index (χ0) is 14.1. The summed E-state index contributed by atoms with van der Waals surface area (Å²) >= 11 is 0. The van der Waals surface area contributed by atoms with Gasteiger partial charge in [-0.25, -0.2) is 0 Å². The Bertz CT molecular complexity index is 278. The third-order valence-electron chi connectivity index (χ3n) is 4.19. The molecule has 2 atom stereocenters. The van der Waals surface area contributed by atoms with E-state index in [2.05, 4.69) is 34.6 Å². The summed E-state index contributed by atoms with van der Waals surface area (Å²) in [4.78, 5) is 0. The average Bonchev–Trinajstić information content (AvgIpc) is 3.01. The minimum absolute atomic E-state index is 0.294. The van der Waals surface area contributed by atoms with Gasteiger partial charge in [-0.05, 0) is 36.0 Å². The molecular weight excluding hydrogens is 236 g/mol. The summed E-state index contributed by atoms with van der Waals surface area (Å²) in [6, 6.07) is 0. The minimum atomic E-state index is 0.294. The van der Waals surface area contributed by atoms with Crippen molar-refractivity contribution in [2.24, 2.45) is 16.7 Å². The van der Waals surface area contributed by atoms with Crippen LogP contribution in [0.3, 0.4) is 0 Å². The molecule has 2 heteroatoms. The average molecular weight is 268 g/mol. The Morgan fingerprint density at radius 3 is 1.74 bits per heavy atom. The van der Waals surface area contributed by atoms with Crippen molar-refractivity contribution in [1.29, 1.82) is 0 Å². The Hall–Kier alpha value is -0.0800. The second kappa shape index (κ2) is 5.73. The lowest BCUT2D eigenvalue weighted by Crippen LogP contribution is -2.39. The number of hydrogen-bond donors (Lipinski definition) is 0. The first-order chi connectivity index (χ1) is 8.73. The summed E-state index contributed by atoms with van der Waals surface area (Å²) in [5.41, 5.74) is 0.734. The van der Waals surface area contributed by atoms with Gasteiger partial charge in [0.05, 0.1) is 25.4 Å². The molecule has 0 spiro atoms. The van der Waals surface area contributed by atoms with Gasteiger partial charge in [0.2, 0.25) is 0 Å². The molecule has 0 N–H and O–H groups in total. The van der Waals surface area contributed by atoms with Crippen molar-refractivity contribution in [1.82, 2.24) is 0 Å². The minimum Gasteiger partial charge on any atom is -0.373 e. The summed E-state index contributed by atoms with van der Waals surface area (Å²) in [6.07, 6.45) is 7.08. The quantitative estimate of drug-likeness (QED) is 0.734. The second-order valence-corrected chi connectivity index (χ2v) is 8.69. The van der Waals surface area contributed by atoms with E-state index in [0.29, 0.717) is 23.0 Å². The molecule has 1 aliphatic carbocycles. The lowest BCUT2D eigenvalue weighted by atomic mass is 9.81. The molecule has 2 nitrogen and oxygen atoms in total. The Kier molecular flexibility index (Phi) is 4.62. The highest BCUT2D eigenvalue weighted by atomic mass is 16.6. The fourth-order valence-corrected chi connectivity index (χ4v) is 3.30. The maximum atomic E-state index is 6.05. The van der Waals surface area contributed by atoms with Gasteiger partial charge in [0, 0.05) is 0 Å². The lowest BCUT2D eigenvalue weighted by molar-refractivity contribution is -0.151. The van der Waals surface area contributed by atoms with E-state index in [4.69, 9.17) is 9.47 Å². The Morgan fingerprint density at radius 1 is 0.789 bits per heavy atom. The van der Waals surface area contributed by atoms with Gasteiger partial charge in [0.25, 0.3) is 0 Å². The predicted molar refractivity (Wildman–Crippen MR) is 79.3 cm³/mol. The first-order valence-electron chi connectivity index (χ1n) is 7.97. The van der Waals surface area contributed by atoms with Crippen LogP contribution in [0.4, 0.5) is 0 Å². The van der Waals surface area contributed by atoms with Crippen molar-refractivity contribution in [3.63, 3.8) is 0 Å². The topological polar surface area (TPSA) is 18.5 Å². The molecule has 1 heterocycles. The van der Waals surface area contributed by atoms with Crippen LogP contribution in [0.25, 0.3) is 0 Å². The Balaban J connectivity index is 1.70. The largest absolute Gasteiger partial charge is 0.373 e. The van der Waals surface area contributed by atoms with Crippen molar-refractivity contribution < 1.29 is 9.47 Å². The van der Waals surface area contributed by atoms with Crippen LogP contribution in [-0.2, 0) is 9.47 Å². The van der Waals surface area contributed by atoms with Crippen LogP contribution < -0.4 is 0 Å². The molecule has 112 valence electrons. The van der Waals surface area contributed by atoms with Crippen LogP contribution in [0.1, 0.15) is 66.7 Å². The number of rotatable bonds is 5. The summed E-state index contributed by atoms with van der Waals surface area (Å²) in [6.45, 7) is 13.1. The monoisotopic (exact) mass is 268 g/mol. The maximum Gasteiger partial charge on any atom is 0.0815 e. The van der Waals surface area contributed by atoms with E-state index >= 15 is 0 Å². The Labute approximate surface area is 119 Å². The van der Waals surface area contributed by atoms with E-state index in [1.165, 1.54) is 19.3 Å². The van der Waals surface area contributed by atoms with Crippen molar-refractivity contribution in [2.75, 3.05) is 13.2 Å². The SMILES string of the molecule is CC(C)(C)C[C@H]1COC(CC(C)(C)CC2CC2)CO1. The fourth-order valence-electron chi connectivity index (χ4n) is 3.30. The van der Waals surface area contributed by atoms with Gasteiger partial charge in [-0.15, -0.1) is 0 Å². The zero-order valence-electron chi connectivity index (χ0n) is 13.5. The Morgan fingerprint density at radius 2 is 1.32 bits per heavy atom. The summed E-state index contributed by atoms with van der Waals surface area (Å²) in [7, 11) is 0. The van der Waals surface area contributed by atoms with Gasteiger partial charge < -0.3 is 9.47 Å². The van der Waals surface area contributed by atoms with Gasteiger partial charge in [0.15, 0.2) is 0 Å². The number of ether oxygens (including phenoxy) is 2. The maximum absolute atomic E-state index is 6.05. The van der Waals surface area contributed by atoms with Crippen LogP contribution in [-0.4, -0.2) is 25.4 Å². The molecular formula is C17H32O2. The van der Waals surface area contributed by atoms with Gasteiger partial charge in [0.1, 0.15) is 0 Å². The molecule has 2 rings (SSSR count). The molecule has 0 bridgehead atoms. The zero-order valence-corrected chi connectivity index (χ0v) is 13.5. The van der Waals surface area contributed by atoms with E-state index in [9.17, 15) is 0 Å². The van der Waals surface area contributed by atoms with Gasteiger partial charge in [-0.3, -0.25) is 0 Å². The van der Waals surface area contributed by atoms with Crippen molar-refractivity contribution >= 4 is 0 Å². The predicted octanol–water partition coefficient (Wildman–Crippen LogP) is 4.42. The number of hydrogen-bond acceptors (Lipinski definition) is 2. The molecule has 0 aromatic carbocycles. The molecule has 1 unspecified atom stereocenters. The highest BCUT2D eigenvalue weighted by Gasteiger charge is 2.34. The van der Waals surface area contributed by atoms with Gasteiger partial charge in [-0.1, -0.05) is 47.5 Å². The standard InChI is InChI=1S/C17H32O2/c1-16(2,3)9-14-11-19-15(12-18-14)10-17(4,5)8-13-6-7-13/h13-15H,6-12H2,1-5H3/t14-,15?/m0/s1. The molecule has 1 saturated carbocycles. The summed E-state index contributed by atoms with van der Waals surface area (Å²) in [5.74, 6) is 0.994. The first kappa shape index (κ1) is 15.3. The highest BCUT2D eigenvalue weighted by molar-refractivity contribution is 4.84. The van der Waals surface area contributed by atoms with E-state index in [0.717, 1.165) is 32.0 Å². The first-order valence-corrected chi connectivity index (χ1v) is 7.97. The van der Waals surface area contributed by atoms with Crippen LogP contribution in [0.5, 0.6) is 0 Å². The van der Waals surface area contributed by atoms with Crippen LogP contribution in [0, 0.1) is 16.7 Å². The molecule has 0 aromatic rings. The smallest absolute Gasteiger partial charge is 0.0815 e. The van der Waals surface area contributed by atoms with Gasteiger partial charge in [-0.2, -0.15) is 0 Å². The molecule has 0 aromatic heterocycles. The molecule has 0 radical (unpaired) electrons. The molecule has 1 saturated heterocycles. The third kappa shape index (κ3) is 5.83.